The molecule has 0 aromatic carbocycles. The molecule has 2 amide bonds. The summed E-state index contributed by atoms with van der Waals surface area (Å²) in [6.07, 6.45) is 0.171. The summed E-state index contributed by atoms with van der Waals surface area (Å²) in [6.45, 7) is 1.39. The number of carbonyl (C=O) groups is 3. The van der Waals surface area contributed by atoms with Crippen LogP contribution in [0, 0.1) is 5.92 Å². The number of nitrogens with zero attached hydrogens (tertiary/aromatic N) is 5. The lowest BCUT2D eigenvalue weighted by Gasteiger charge is -2.47. The fourth-order valence-electron chi connectivity index (χ4n) is 5.07. The third kappa shape index (κ3) is 4.87. The number of hydrogen-bond donors (Lipinski definition) is 2. The topological polar surface area (TPSA) is 119 Å². The molecule has 1 saturated heterocycles. The van der Waals surface area contributed by atoms with Crippen LogP contribution in [0.3, 0.4) is 0 Å². The number of pyridine rings is 1. The molecule has 2 aliphatic heterocycles. The Morgan fingerprint density at radius 1 is 1.19 bits per heavy atom. The monoisotopic (exact) mass is 523 g/mol. The minimum Gasteiger partial charge on any atom is -0.475 e. The third-order valence-corrected chi connectivity index (χ3v) is 7.08. The summed E-state index contributed by atoms with van der Waals surface area (Å²) in [4.78, 5) is 45.0. The van der Waals surface area contributed by atoms with Crippen LogP contribution in [-0.4, -0.2) is 93.4 Å². The number of rotatable bonds is 3. The Hall–Kier alpha value is -3.61. The van der Waals surface area contributed by atoms with Crippen molar-refractivity contribution in [3.8, 4) is 5.82 Å². The molecule has 1 unspecified atom stereocenters. The van der Waals surface area contributed by atoms with E-state index in [1.807, 2.05) is 29.3 Å². The van der Waals surface area contributed by atoms with Crippen LogP contribution in [0.4, 0.5) is 18.9 Å². The number of carboxylic acid groups (broad SMARTS) is 1. The van der Waals surface area contributed by atoms with Gasteiger partial charge in [0.05, 0.1) is 24.0 Å². The molecule has 5 rings (SSSR count). The highest BCUT2D eigenvalue weighted by molar-refractivity contribution is 5.84. The molecule has 0 radical (unpaired) electrons. The zero-order chi connectivity index (χ0) is 27.1. The lowest BCUT2D eigenvalue weighted by atomic mass is 9.81. The predicted octanol–water partition coefficient (Wildman–Crippen LogP) is 1.61. The molecule has 2 fully saturated rings. The number of likely N-dealkylation sites (tertiary alicyclic amines) is 1. The highest BCUT2D eigenvalue weighted by Crippen LogP contribution is 2.47. The molecule has 1 saturated carbocycles. The fraction of sp³-hybridized carbons (Fsp3) is 0.500. The van der Waals surface area contributed by atoms with Crippen molar-refractivity contribution < 1.29 is 37.8 Å². The standard InChI is InChI=1S/C22H27N5O3.C2HF3O2/c1-24(2)19(29)13-27-17-5-3-8-23-20(17)26-9-4-6-18(26)22(27)7-10-25(14-22)21(30)15-11-16(28)12-15;3-2(4,5)1(6)7/h3-6,8-9,15-16,28H,7,10-14H2,1-2H3;(H,6,7). The number of fused-ring (bicyclic) bond motifs is 4. The van der Waals surface area contributed by atoms with Gasteiger partial charge in [0, 0.05) is 45.5 Å². The lowest BCUT2D eigenvalue weighted by molar-refractivity contribution is -0.192. The number of aliphatic hydroxyl groups is 1. The van der Waals surface area contributed by atoms with Crippen LogP contribution in [0.25, 0.3) is 5.82 Å². The van der Waals surface area contributed by atoms with Gasteiger partial charge in [-0.15, -0.1) is 0 Å². The van der Waals surface area contributed by atoms with E-state index in [4.69, 9.17) is 9.90 Å². The molecule has 0 bridgehead atoms. The smallest absolute Gasteiger partial charge is 0.475 e. The second-order valence-electron chi connectivity index (χ2n) is 9.65. The van der Waals surface area contributed by atoms with Gasteiger partial charge in [0.1, 0.15) is 5.54 Å². The average Bonchev–Trinajstić information content (AvgIpc) is 3.48. The van der Waals surface area contributed by atoms with Gasteiger partial charge in [-0.2, -0.15) is 13.2 Å². The molecule has 200 valence electrons. The molecule has 37 heavy (non-hydrogen) atoms. The van der Waals surface area contributed by atoms with Gasteiger partial charge >= 0.3 is 12.1 Å². The van der Waals surface area contributed by atoms with E-state index < -0.39 is 17.7 Å². The first kappa shape index (κ1) is 26.5. The van der Waals surface area contributed by atoms with Crippen molar-refractivity contribution in [3.63, 3.8) is 0 Å². The van der Waals surface area contributed by atoms with Crippen LogP contribution < -0.4 is 4.90 Å². The van der Waals surface area contributed by atoms with E-state index in [0.717, 1.165) is 23.6 Å². The van der Waals surface area contributed by atoms with Crippen LogP contribution in [0.2, 0.25) is 0 Å². The minimum absolute atomic E-state index is 0.0103. The van der Waals surface area contributed by atoms with E-state index in [9.17, 15) is 27.9 Å². The van der Waals surface area contributed by atoms with Gasteiger partial charge in [-0.3, -0.25) is 9.59 Å². The molecular formula is C24H28F3N5O5. The first-order chi connectivity index (χ1) is 17.3. The Kier molecular flexibility index (Phi) is 6.93. The van der Waals surface area contributed by atoms with Crippen LogP contribution in [-0.2, 0) is 19.9 Å². The van der Waals surface area contributed by atoms with E-state index >= 15 is 0 Å². The molecule has 2 aromatic rings. The van der Waals surface area contributed by atoms with Crippen molar-refractivity contribution in [2.24, 2.45) is 5.92 Å². The second-order valence-corrected chi connectivity index (χ2v) is 9.65. The van der Waals surface area contributed by atoms with Gasteiger partial charge in [0.2, 0.25) is 11.8 Å². The van der Waals surface area contributed by atoms with Crippen molar-refractivity contribution in [1.29, 1.82) is 0 Å². The van der Waals surface area contributed by atoms with Crippen LogP contribution in [0.5, 0.6) is 0 Å². The summed E-state index contributed by atoms with van der Waals surface area (Å²) < 4.78 is 33.8. The van der Waals surface area contributed by atoms with E-state index in [0.29, 0.717) is 25.9 Å². The van der Waals surface area contributed by atoms with E-state index in [1.165, 1.54) is 0 Å². The quantitative estimate of drug-likeness (QED) is 0.628. The Labute approximate surface area is 210 Å². The van der Waals surface area contributed by atoms with Crippen molar-refractivity contribution in [2.75, 3.05) is 38.6 Å². The maximum absolute atomic E-state index is 13.0. The number of carboxylic acids is 1. The van der Waals surface area contributed by atoms with Gasteiger partial charge in [0.15, 0.2) is 5.82 Å². The summed E-state index contributed by atoms with van der Waals surface area (Å²) in [6, 6.07) is 7.97. The molecular weight excluding hydrogens is 495 g/mol. The molecule has 2 aromatic heterocycles. The Morgan fingerprint density at radius 3 is 2.46 bits per heavy atom. The van der Waals surface area contributed by atoms with Gasteiger partial charge < -0.3 is 29.5 Å². The molecule has 3 aliphatic rings. The fourth-order valence-corrected chi connectivity index (χ4v) is 5.07. The number of carbonyl (C=O) groups excluding carboxylic acids is 2. The van der Waals surface area contributed by atoms with Crippen molar-refractivity contribution in [1.82, 2.24) is 19.4 Å². The van der Waals surface area contributed by atoms with E-state index in [-0.39, 0.29) is 30.4 Å². The number of amides is 2. The number of halogens is 3. The number of anilines is 1. The first-order valence-corrected chi connectivity index (χ1v) is 11.7. The summed E-state index contributed by atoms with van der Waals surface area (Å²) in [7, 11) is 3.52. The van der Waals surface area contributed by atoms with Crippen molar-refractivity contribution in [2.45, 2.75) is 37.1 Å². The maximum Gasteiger partial charge on any atom is 0.490 e. The van der Waals surface area contributed by atoms with Gasteiger partial charge in [-0.1, -0.05) is 0 Å². The Balaban J connectivity index is 0.000000405. The van der Waals surface area contributed by atoms with Crippen LogP contribution in [0.15, 0.2) is 36.7 Å². The zero-order valence-electron chi connectivity index (χ0n) is 20.4. The van der Waals surface area contributed by atoms with Gasteiger partial charge in [-0.05, 0) is 43.5 Å². The first-order valence-electron chi connectivity index (χ1n) is 11.7. The largest absolute Gasteiger partial charge is 0.490 e. The number of aliphatic carboxylic acids is 1. The Morgan fingerprint density at radius 2 is 1.86 bits per heavy atom. The highest BCUT2D eigenvalue weighted by Gasteiger charge is 2.52. The number of aromatic nitrogens is 2. The molecule has 10 nitrogen and oxygen atoms in total. The minimum atomic E-state index is -5.08. The summed E-state index contributed by atoms with van der Waals surface area (Å²) in [5, 5.41) is 16.8. The summed E-state index contributed by atoms with van der Waals surface area (Å²) in [5.41, 5.74) is 1.48. The molecule has 1 spiro atoms. The van der Waals surface area contributed by atoms with Crippen molar-refractivity contribution in [3.05, 3.63) is 42.4 Å². The SMILES string of the molecule is CN(C)C(=O)CN1c2cccnc2-n2cccc2C12CCN(C(=O)C1CC(O)C1)C2.O=C(O)C(F)(F)F. The van der Waals surface area contributed by atoms with E-state index in [2.05, 4.69) is 20.5 Å². The normalized spacial score (nSPS) is 23.9. The number of alkyl halides is 3. The molecule has 1 aliphatic carbocycles. The number of hydrogen-bond acceptors (Lipinski definition) is 6. The summed E-state index contributed by atoms with van der Waals surface area (Å²) >= 11 is 0. The van der Waals surface area contributed by atoms with Gasteiger partial charge in [-0.25, -0.2) is 9.78 Å². The van der Waals surface area contributed by atoms with Crippen LogP contribution in [0.1, 0.15) is 25.0 Å². The maximum atomic E-state index is 13.0. The van der Waals surface area contributed by atoms with Crippen LogP contribution >= 0.6 is 0 Å². The van der Waals surface area contributed by atoms with Gasteiger partial charge in [0.25, 0.3) is 0 Å². The number of aliphatic hydroxyl groups excluding tert-OH is 1. The zero-order valence-corrected chi connectivity index (χ0v) is 20.4. The third-order valence-electron chi connectivity index (χ3n) is 7.08. The molecule has 1 atom stereocenters. The average molecular weight is 524 g/mol. The second kappa shape index (κ2) is 9.69. The van der Waals surface area contributed by atoms with Crippen molar-refractivity contribution >= 4 is 23.5 Å². The molecule has 13 heteroatoms. The highest BCUT2D eigenvalue weighted by atomic mass is 19.4. The predicted molar refractivity (Wildman–Crippen MR) is 125 cm³/mol. The molecule has 4 heterocycles. The summed E-state index contributed by atoms with van der Waals surface area (Å²) in [5.74, 6) is -1.91. The van der Waals surface area contributed by atoms with E-state index in [1.54, 1.807) is 25.2 Å². The lowest BCUT2D eigenvalue weighted by Crippen LogP contribution is -2.56. The molecule has 2 N–H and O–H groups in total. The Bertz CT molecular complexity index is 1190. The number of likely N-dealkylation sites (N-methyl/N-ethyl adjacent to an activating group) is 1.